The molecule has 0 radical (unpaired) electrons. The lowest BCUT2D eigenvalue weighted by molar-refractivity contribution is 0.415. The van der Waals surface area contributed by atoms with E-state index in [2.05, 4.69) is 6.92 Å². The molecule has 0 bridgehead atoms. The lowest BCUT2D eigenvalue weighted by Gasteiger charge is -2.31. The first kappa shape index (κ1) is 14.3. The van der Waals surface area contributed by atoms with Crippen molar-refractivity contribution in [1.82, 2.24) is 4.31 Å². The Balaban J connectivity index is 2.47. The Hall–Kier alpha value is 0.220. The van der Waals surface area contributed by atoms with Gasteiger partial charge in [0.2, 0.25) is 10.0 Å². The van der Waals surface area contributed by atoms with Gasteiger partial charge in [0.05, 0.1) is 5.75 Å². The maximum Gasteiger partial charge on any atom is 0.214 e. The average Bonchev–Trinajstić information content (AvgIpc) is 2.29. The summed E-state index contributed by atoms with van der Waals surface area (Å²) in [4.78, 5) is 0. The molecule has 0 aliphatic carbocycles. The maximum atomic E-state index is 12.0. The molecule has 0 aromatic carbocycles. The predicted molar refractivity (Wildman–Crippen MR) is 70.2 cm³/mol. The minimum absolute atomic E-state index is 0.255. The van der Waals surface area contributed by atoms with Gasteiger partial charge in [-0.3, -0.25) is 0 Å². The van der Waals surface area contributed by atoms with Crippen LogP contribution in [-0.4, -0.2) is 49.1 Å². The van der Waals surface area contributed by atoms with Gasteiger partial charge in [0.15, 0.2) is 0 Å². The van der Waals surface area contributed by atoms with Crippen LogP contribution >= 0.6 is 11.8 Å². The van der Waals surface area contributed by atoms with E-state index in [1.807, 2.05) is 11.8 Å². The molecule has 2 N–H and O–H groups in total. The highest BCUT2D eigenvalue weighted by Crippen LogP contribution is 2.23. The lowest BCUT2D eigenvalue weighted by Crippen LogP contribution is -2.42. The van der Waals surface area contributed by atoms with Crippen molar-refractivity contribution in [3.63, 3.8) is 0 Å². The molecule has 0 spiro atoms. The molecule has 4 nitrogen and oxygen atoms in total. The molecule has 1 rings (SSSR count). The quantitative estimate of drug-likeness (QED) is 0.725. The Bertz CT molecular complexity index is 293. The topological polar surface area (TPSA) is 63.4 Å². The van der Waals surface area contributed by atoms with Crippen LogP contribution in [0.5, 0.6) is 0 Å². The third-order valence-electron chi connectivity index (χ3n) is 2.81. The molecule has 1 saturated heterocycles. The fourth-order valence-corrected chi connectivity index (χ4v) is 4.74. The van der Waals surface area contributed by atoms with Crippen molar-refractivity contribution in [1.29, 1.82) is 0 Å². The van der Waals surface area contributed by atoms with E-state index in [9.17, 15) is 8.42 Å². The molecule has 1 aliphatic heterocycles. The van der Waals surface area contributed by atoms with Gasteiger partial charge in [-0.15, -0.1) is 0 Å². The third-order valence-corrected chi connectivity index (χ3v) is 6.10. The minimum Gasteiger partial charge on any atom is -0.330 e. The van der Waals surface area contributed by atoms with Gasteiger partial charge in [-0.1, -0.05) is 6.92 Å². The first-order valence-corrected chi connectivity index (χ1v) is 8.55. The van der Waals surface area contributed by atoms with Gasteiger partial charge in [0, 0.05) is 24.1 Å². The lowest BCUT2D eigenvalue weighted by atomic mass is 10.3. The first-order chi connectivity index (χ1) is 7.60. The summed E-state index contributed by atoms with van der Waals surface area (Å²) in [5.74, 6) is 1.18. The number of hydrogen-bond acceptors (Lipinski definition) is 4. The summed E-state index contributed by atoms with van der Waals surface area (Å²) in [7, 11) is -3.03. The van der Waals surface area contributed by atoms with Crippen LogP contribution in [0.2, 0.25) is 0 Å². The van der Waals surface area contributed by atoms with E-state index >= 15 is 0 Å². The number of thioether (sulfide) groups is 1. The Morgan fingerprint density at radius 3 is 2.81 bits per heavy atom. The van der Waals surface area contributed by atoms with E-state index < -0.39 is 10.0 Å². The molecule has 1 atom stereocenters. The Kier molecular flexibility index (Phi) is 6.10. The second kappa shape index (κ2) is 6.83. The monoisotopic (exact) mass is 266 g/mol. The predicted octanol–water partition coefficient (Wildman–Crippen LogP) is 0.883. The van der Waals surface area contributed by atoms with Crippen LogP contribution in [0.1, 0.15) is 26.2 Å². The van der Waals surface area contributed by atoms with Crippen LogP contribution in [-0.2, 0) is 10.0 Å². The summed E-state index contributed by atoms with van der Waals surface area (Å²) in [5, 5.41) is 0.470. The highest BCUT2D eigenvalue weighted by Gasteiger charge is 2.27. The zero-order valence-corrected chi connectivity index (χ0v) is 11.5. The van der Waals surface area contributed by atoms with Gasteiger partial charge in [0.25, 0.3) is 0 Å². The summed E-state index contributed by atoms with van der Waals surface area (Å²) in [6.07, 6.45) is 2.51. The molecule has 1 fully saturated rings. The molecule has 0 saturated carbocycles. The third kappa shape index (κ3) is 4.24. The Labute approximate surface area is 103 Å². The molecule has 0 amide bonds. The van der Waals surface area contributed by atoms with Crippen LogP contribution < -0.4 is 5.73 Å². The van der Waals surface area contributed by atoms with E-state index in [1.54, 1.807) is 4.31 Å². The summed E-state index contributed by atoms with van der Waals surface area (Å²) in [5.41, 5.74) is 5.37. The van der Waals surface area contributed by atoms with Crippen molar-refractivity contribution in [2.75, 3.05) is 31.1 Å². The van der Waals surface area contributed by atoms with Gasteiger partial charge in [-0.2, -0.15) is 16.1 Å². The van der Waals surface area contributed by atoms with Crippen molar-refractivity contribution in [3.8, 4) is 0 Å². The number of nitrogens with two attached hydrogens (primary N) is 1. The highest BCUT2D eigenvalue weighted by atomic mass is 32.2. The summed E-state index contributed by atoms with van der Waals surface area (Å²) in [6, 6.07) is 0. The zero-order valence-electron chi connectivity index (χ0n) is 9.89. The molecule has 0 aromatic heterocycles. The number of hydrogen-bond donors (Lipinski definition) is 1. The second-order valence-corrected chi connectivity index (χ2v) is 7.57. The number of sulfonamides is 1. The Morgan fingerprint density at radius 2 is 2.19 bits per heavy atom. The van der Waals surface area contributed by atoms with Crippen LogP contribution in [0, 0.1) is 0 Å². The van der Waals surface area contributed by atoms with Crippen molar-refractivity contribution in [2.24, 2.45) is 5.73 Å². The SMILES string of the molecule is CCC1CN(S(=O)(=O)CCCCN)CCS1. The smallest absolute Gasteiger partial charge is 0.214 e. The molecule has 6 heteroatoms. The van der Waals surface area contributed by atoms with Crippen molar-refractivity contribution in [2.45, 2.75) is 31.4 Å². The first-order valence-electron chi connectivity index (χ1n) is 5.89. The van der Waals surface area contributed by atoms with E-state index in [-0.39, 0.29) is 5.75 Å². The van der Waals surface area contributed by atoms with Gasteiger partial charge in [0.1, 0.15) is 0 Å². The van der Waals surface area contributed by atoms with Crippen LogP contribution in [0.15, 0.2) is 0 Å². The van der Waals surface area contributed by atoms with E-state index in [0.29, 0.717) is 31.3 Å². The van der Waals surface area contributed by atoms with Crippen molar-refractivity contribution >= 4 is 21.8 Å². The molecule has 1 aliphatic rings. The van der Waals surface area contributed by atoms with Gasteiger partial charge in [-0.25, -0.2) is 8.42 Å². The normalized spacial score (nSPS) is 23.5. The molecule has 1 unspecified atom stereocenters. The van der Waals surface area contributed by atoms with E-state index in [1.165, 1.54) is 0 Å². The van der Waals surface area contributed by atoms with Gasteiger partial charge in [-0.05, 0) is 25.8 Å². The summed E-state index contributed by atoms with van der Waals surface area (Å²) in [6.45, 7) is 4.05. The van der Waals surface area contributed by atoms with Crippen molar-refractivity contribution < 1.29 is 8.42 Å². The molecular formula is C10H22N2O2S2. The number of nitrogens with zero attached hydrogens (tertiary/aromatic N) is 1. The molecule has 0 aromatic rings. The molecule has 16 heavy (non-hydrogen) atoms. The second-order valence-electron chi connectivity index (χ2n) is 4.07. The number of rotatable bonds is 6. The zero-order chi connectivity index (χ0) is 12.0. The standard InChI is InChI=1S/C10H22N2O2S2/c1-2-10-9-12(6-7-15-10)16(13,14)8-4-3-5-11/h10H,2-9,11H2,1H3. The van der Waals surface area contributed by atoms with Crippen LogP contribution in [0.25, 0.3) is 0 Å². The molecular weight excluding hydrogens is 244 g/mol. The molecule has 96 valence electrons. The summed E-state index contributed by atoms with van der Waals surface area (Å²) >= 11 is 1.89. The largest absolute Gasteiger partial charge is 0.330 e. The van der Waals surface area contributed by atoms with Crippen LogP contribution in [0.3, 0.4) is 0 Å². The summed E-state index contributed by atoms with van der Waals surface area (Å²) < 4.78 is 25.7. The number of unbranched alkanes of at least 4 members (excludes halogenated alkanes) is 1. The Morgan fingerprint density at radius 1 is 1.44 bits per heavy atom. The van der Waals surface area contributed by atoms with Crippen molar-refractivity contribution in [3.05, 3.63) is 0 Å². The van der Waals surface area contributed by atoms with Gasteiger partial charge >= 0.3 is 0 Å². The minimum atomic E-state index is -3.03. The highest BCUT2D eigenvalue weighted by molar-refractivity contribution is 8.00. The fourth-order valence-electron chi connectivity index (χ4n) is 1.75. The molecule has 1 heterocycles. The average molecular weight is 266 g/mol. The maximum absolute atomic E-state index is 12.0. The van der Waals surface area contributed by atoms with Crippen LogP contribution in [0.4, 0.5) is 0 Å². The van der Waals surface area contributed by atoms with E-state index in [0.717, 1.165) is 18.6 Å². The van der Waals surface area contributed by atoms with E-state index in [4.69, 9.17) is 5.73 Å². The fraction of sp³-hybridized carbons (Fsp3) is 1.00. The van der Waals surface area contributed by atoms with Gasteiger partial charge < -0.3 is 5.73 Å².